The van der Waals surface area contributed by atoms with Crippen molar-refractivity contribution < 1.29 is 19.1 Å². The molecule has 0 spiro atoms. The SMILES string of the molecule is CN(Cc1cc(C#N)ccc1F)C(=O)CC(C)(C)C(=O)O. The fourth-order valence-corrected chi connectivity index (χ4v) is 1.70. The van der Waals surface area contributed by atoms with Crippen LogP contribution in [0.4, 0.5) is 4.39 Å². The first-order chi connectivity index (χ1) is 9.67. The molecule has 21 heavy (non-hydrogen) atoms. The van der Waals surface area contributed by atoms with E-state index in [1.54, 1.807) is 0 Å². The lowest BCUT2D eigenvalue weighted by Gasteiger charge is -2.23. The van der Waals surface area contributed by atoms with Crippen LogP contribution in [0.5, 0.6) is 0 Å². The van der Waals surface area contributed by atoms with Gasteiger partial charge in [-0.25, -0.2) is 4.39 Å². The van der Waals surface area contributed by atoms with E-state index in [4.69, 9.17) is 10.4 Å². The van der Waals surface area contributed by atoms with E-state index in [0.29, 0.717) is 5.56 Å². The summed E-state index contributed by atoms with van der Waals surface area (Å²) in [7, 11) is 1.47. The summed E-state index contributed by atoms with van der Waals surface area (Å²) in [5.74, 6) is -1.97. The van der Waals surface area contributed by atoms with Crippen molar-refractivity contribution in [3.05, 3.63) is 35.1 Å². The van der Waals surface area contributed by atoms with Crippen molar-refractivity contribution in [1.82, 2.24) is 4.90 Å². The van der Waals surface area contributed by atoms with E-state index in [9.17, 15) is 14.0 Å². The van der Waals surface area contributed by atoms with E-state index < -0.39 is 23.1 Å². The lowest BCUT2D eigenvalue weighted by Crippen LogP contribution is -2.34. The summed E-state index contributed by atoms with van der Waals surface area (Å²) in [6.45, 7) is 2.89. The average molecular weight is 292 g/mol. The van der Waals surface area contributed by atoms with E-state index in [2.05, 4.69) is 0 Å². The first-order valence-corrected chi connectivity index (χ1v) is 6.33. The highest BCUT2D eigenvalue weighted by Crippen LogP contribution is 2.22. The van der Waals surface area contributed by atoms with Crippen LogP contribution in [-0.2, 0) is 16.1 Å². The minimum atomic E-state index is -1.18. The molecular weight excluding hydrogens is 275 g/mol. The number of benzene rings is 1. The van der Waals surface area contributed by atoms with Gasteiger partial charge in [0.2, 0.25) is 5.91 Å². The number of halogens is 1. The Morgan fingerprint density at radius 3 is 2.57 bits per heavy atom. The lowest BCUT2D eigenvalue weighted by molar-refractivity contribution is -0.151. The Hall–Kier alpha value is -2.42. The molecule has 5 nitrogen and oxygen atoms in total. The number of carboxylic acid groups (broad SMARTS) is 1. The highest BCUT2D eigenvalue weighted by Gasteiger charge is 2.31. The summed E-state index contributed by atoms with van der Waals surface area (Å²) in [6.07, 6.45) is -0.182. The number of hydrogen-bond acceptors (Lipinski definition) is 3. The quantitative estimate of drug-likeness (QED) is 0.901. The van der Waals surface area contributed by atoms with Crippen molar-refractivity contribution in [2.75, 3.05) is 7.05 Å². The molecule has 0 atom stereocenters. The first-order valence-electron chi connectivity index (χ1n) is 6.33. The van der Waals surface area contributed by atoms with Crippen molar-refractivity contribution in [1.29, 1.82) is 5.26 Å². The van der Waals surface area contributed by atoms with Gasteiger partial charge in [-0.3, -0.25) is 9.59 Å². The molecule has 0 aromatic heterocycles. The second-order valence-corrected chi connectivity index (χ2v) is 5.53. The molecule has 0 aliphatic heterocycles. The van der Waals surface area contributed by atoms with Gasteiger partial charge in [-0.2, -0.15) is 5.26 Å². The highest BCUT2D eigenvalue weighted by atomic mass is 19.1. The molecule has 0 radical (unpaired) electrons. The minimum Gasteiger partial charge on any atom is -0.481 e. The van der Waals surface area contributed by atoms with Gasteiger partial charge < -0.3 is 10.0 Å². The maximum absolute atomic E-state index is 13.7. The molecule has 0 heterocycles. The first kappa shape index (κ1) is 16.6. The Morgan fingerprint density at radius 1 is 1.43 bits per heavy atom. The molecule has 0 aliphatic rings. The molecular formula is C15H17FN2O3. The molecule has 0 unspecified atom stereocenters. The molecule has 1 N–H and O–H groups in total. The van der Waals surface area contributed by atoms with Crippen LogP contribution in [-0.4, -0.2) is 28.9 Å². The normalized spacial score (nSPS) is 10.8. The van der Waals surface area contributed by atoms with Crippen LogP contribution >= 0.6 is 0 Å². The Labute approximate surface area is 122 Å². The summed E-state index contributed by atoms with van der Waals surface area (Å²) >= 11 is 0. The van der Waals surface area contributed by atoms with Gasteiger partial charge in [0.25, 0.3) is 0 Å². The van der Waals surface area contributed by atoms with Crippen molar-refractivity contribution in [2.45, 2.75) is 26.8 Å². The van der Waals surface area contributed by atoms with Crippen LogP contribution in [0, 0.1) is 22.6 Å². The number of aliphatic carboxylic acids is 1. The Bertz CT molecular complexity index is 605. The van der Waals surface area contributed by atoms with Gasteiger partial charge in [0.05, 0.1) is 17.0 Å². The Balaban J connectivity index is 2.82. The van der Waals surface area contributed by atoms with Gasteiger partial charge in [0, 0.05) is 25.6 Å². The summed E-state index contributed by atoms with van der Waals surface area (Å²) in [5, 5.41) is 17.8. The number of carbonyl (C=O) groups is 2. The molecule has 112 valence electrons. The third kappa shape index (κ3) is 4.28. The fourth-order valence-electron chi connectivity index (χ4n) is 1.70. The van der Waals surface area contributed by atoms with Crippen LogP contribution in [0.25, 0.3) is 0 Å². The van der Waals surface area contributed by atoms with Gasteiger partial charge in [0.1, 0.15) is 5.82 Å². The van der Waals surface area contributed by atoms with Crippen LogP contribution in [0.2, 0.25) is 0 Å². The van der Waals surface area contributed by atoms with Crippen LogP contribution in [0.1, 0.15) is 31.4 Å². The van der Waals surface area contributed by atoms with E-state index in [1.165, 1.54) is 44.0 Å². The smallest absolute Gasteiger partial charge is 0.309 e. The second-order valence-electron chi connectivity index (χ2n) is 5.53. The zero-order chi connectivity index (χ0) is 16.2. The van der Waals surface area contributed by atoms with Gasteiger partial charge in [-0.05, 0) is 32.0 Å². The van der Waals surface area contributed by atoms with Crippen molar-refractivity contribution >= 4 is 11.9 Å². The summed E-state index contributed by atoms with van der Waals surface area (Å²) in [6, 6.07) is 5.81. The Kier molecular flexibility index (Phi) is 5.03. The number of nitriles is 1. The van der Waals surface area contributed by atoms with Gasteiger partial charge in [-0.15, -0.1) is 0 Å². The minimum absolute atomic E-state index is 0.0180. The predicted molar refractivity (Wildman–Crippen MR) is 73.6 cm³/mol. The molecule has 0 fully saturated rings. The third-order valence-corrected chi connectivity index (χ3v) is 3.18. The lowest BCUT2D eigenvalue weighted by atomic mass is 9.89. The predicted octanol–water partition coefficient (Wildman–Crippen LogP) is 2.16. The van der Waals surface area contributed by atoms with E-state index in [1.807, 2.05) is 6.07 Å². The van der Waals surface area contributed by atoms with Gasteiger partial charge >= 0.3 is 5.97 Å². The second kappa shape index (κ2) is 6.35. The Morgan fingerprint density at radius 2 is 2.05 bits per heavy atom. The molecule has 6 heteroatoms. The van der Waals surface area contributed by atoms with E-state index in [0.717, 1.165) is 0 Å². The van der Waals surface area contributed by atoms with Crippen LogP contribution in [0.3, 0.4) is 0 Å². The highest BCUT2D eigenvalue weighted by molar-refractivity contribution is 5.84. The molecule has 1 aromatic carbocycles. The topological polar surface area (TPSA) is 81.4 Å². The largest absolute Gasteiger partial charge is 0.481 e. The number of carbonyl (C=O) groups excluding carboxylic acids is 1. The van der Waals surface area contributed by atoms with E-state index >= 15 is 0 Å². The molecule has 0 saturated carbocycles. The van der Waals surface area contributed by atoms with E-state index in [-0.39, 0.29) is 18.5 Å². The zero-order valence-corrected chi connectivity index (χ0v) is 12.2. The average Bonchev–Trinajstić information content (AvgIpc) is 2.40. The van der Waals surface area contributed by atoms with Crippen LogP contribution < -0.4 is 0 Å². The molecule has 1 amide bonds. The summed E-state index contributed by atoms with van der Waals surface area (Å²) < 4.78 is 13.7. The molecule has 0 aliphatic carbocycles. The standard InChI is InChI=1S/C15H17FN2O3/c1-15(2,14(20)21)7-13(19)18(3)9-11-6-10(8-17)4-5-12(11)16/h4-6H,7,9H2,1-3H3,(H,20,21). The molecule has 1 rings (SSSR count). The summed E-state index contributed by atoms with van der Waals surface area (Å²) in [5.41, 5.74) is -0.658. The molecule has 0 bridgehead atoms. The maximum Gasteiger partial charge on any atom is 0.309 e. The number of nitrogens with zero attached hydrogens (tertiary/aromatic N) is 2. The maximum atomic E-state index is 13.7. The third-order valence-electron chi connectivity index (χ3n) is 3.18. The zero-order valence-electron chi connectivity index (χ0n) is 12.2. The van der Waals surface area contributed by atoms with Crippen molar-refractivity contribution in [3.63, 3.8) is 0 Å². The molecule has 0 saturated heterocycles. The number of rotatable bonds is 5. The fraction of sp³-hybridized carbons (Fsp3) is 0.400. The van der Waals surface area contributed by atoms with Crippen molar-refractivity contribution in [2.24, 2.45) is 5.41 Å². The number of amides is 1. The number of hydrogen-bond donors (Lipinski definition) is 1. The van der Waals surface area contributed by atoms with Crippen molar-refractivity contribution in [3.8, 4) is 6.07 Å². The van der Waals surface area contributed by atoms with Crippen LogP contribution in [0.15, 0.2) is 18.2 Å². The molecule has 1 aromatic rings. The summed E-state index contributed by atoms with van der Waals surface area (Å²) in [4.78, 5) is 24.3. The monoisotopic (exact) mass is 292 g/mol. The van der Waals surface area contributed by atoms with Gasteiger partial charge in [-0.1, -0.05) is 0 Å². The number of carboxylic acids is 1. The van der Waals surface area contributed by atoms with Gasteiger partial charge in [0.15, 0.2) is 0 Å².